The second-order valence-corrected chi connectivity index (χ2v) is 8.42. The molecule has 0 amide bonds. The SMILES string of the molecule is CCCCCCCCC(C)CCCCCCCCCCCCCCO. The lowest BCUT2D eigenvalue weighted by molar-refractivity contribution is 0.282. The van der Waals surface area contributed by atoms with Gasteiger partial charge in [-0.05, 0) is 12.3 Å². The molecular formula is C24H50O. The minimum absolute atomic E-state index is 0.373. The van der Waals surface area contributed by atoms with Gasteiger partial charge in [0.25, 0.3) is 0 Å². The average Bonchev–Trinajstić information content (AvgIpc) is 2.62. The topological polar surface area (TPSA) is 20.2 Å². The molecule has 0 aromatic carbocycles. The van der Waals surface area contributed by atoms with Crippen LogP contribution in [0.4, 0.5) is 0 Å². The third-order valence-electron chi connectivity index (χ3n) is 5.66. The zero-order valence-corrected chi connectivity index (χ0v) is 17.9. The van der Waals surface area contributed by atoms with E-state index in [9.17, 15) is 0 Å². The van der Waals surface area contributed by atoms with Crippen molar-refractivity contribution in [1.29, 1.82) is 0 Å². The van der Waals surface area contributed by atoms with E-state index in [0.717, 1.165) is 12.3 Å². The Labute approximate surface area is 160 Å². The molecule has 25 heavy (non-hydrogen) atoms. The zero-order chi connectivity index (χ0) is 18.4. The molecular weight excluding hydrogens is 304 g/mol. The third-order valence-corrected chi connectivity index (χ3v) is 5.66. The molecule has 1 unspecified atom stereocenters. The van der Waals surface area contributed by atoms with Crippen LogP contribution in [0.25, 0.3) is 0 Å². The molecule has 1 heteroatoms. The van der Waals surface area contributed by atoms with Gasteiger partial charge in [0.15, 0.2) is 0 Å². The minimum Gasteiger partial charge on any atom is -0.396 e. The van der Waals surface area contributed by atoms with Crippen LogP contribution in [-0.2, 0) is 0 Å². The van der Waals surface area contributed by atoms with Gasteiger partial charge in [-0.2, -0.15) is 0 Å². The van der Waals surface area contributed by atoms with Crippen molar-refractivity contribution in [2.75, 3.05) is 6.61 Å². The first kappa shape index (κ1) is 25.0. The maximum absolute atomic E-state index is 8.73. The molecule has 0 saturated carbocycles. The molecule has 1 N–H and O–H groups in total. The highest BCUT2D eigenvalue weighted by molar-refractivity contribution is 4.56. The van der Waals surface area contributed by atoms with Crippen LogP contribution >= 0.6 is 0 Å². The van der Waals surface area contributed by atoms with Crippen LogP contribution in [-0.4, -0.2) is 11.7 Å². The van der Waals surface area contributed by atoms with E-state index in [1.54, 1.807) is 0 Å². The molecule has 0 aliphatic carbocycles. The minimum atomic E-state index is 0.373. The summed E-state index contributed by atoms with van der Waals surface area (Å²) in [5.41, 5.74) is 0. The van der Waals surface area contributed by atoms with Gasteiger partial charge < -0.3 is 5.11 Å². The maximum Gasteiger partial charge on any atom is 0.0431 e. The summed E-state index contributed by atoms with van der Waals surface area (Å²) in [6, 6.07) is 0. The van der Waals surface area contributed by atoms with Gasteiger partial charge in [-0.1, -0.05) is 136 Å². The first-order chi connectivity index (χ1) is 12.3. The lowest BCUT2D eigenvalue weighted by atomic mass is 9.96. The van der Waals surface area contributed by atoms with Crippen LogP contribution in [0.5, 0.6) is 0 Å². The summed E-state index contributed by atoms with van der Waals surface area (Å²) in [5, 5.41) is 8.73. The van der Waals surface area contributed by atoms with Crippen molar-refractivity contribution in [2.45, 2.75) is 142 Å². The Balaban J connectivity index is 3.09. The molecule has 1 atom stereocenters. The monoisotopic (exact) mass is 354 g/mol. The second-order valence-electron chi connectivity index (χ2n) is 8.42. The van der Waals surface area contributed by atoms with E-state index in [-0.39, 0.29) is 0 Å². The highest BCUT2D eigenvalue weighted by Crippen LogP contribution is 2.19. The van der Waals surface area contributed by atoms with E-state index in [0.29, 0.717) is 6.61 Å². The number of rotatable bonds is 21. The van der Waals surface area contributed by atoms with Crippen molar-refractivity contribution in [3.05, 3.63) is 0 Å². The van der Waals surface area contributed by atoms with Crippen LogP contribution in [0.2, 0.25) is 0 Å². The quantitative estimate of drug-likeness (QED) is 0.205. The van der Waals surface area contributed by atoms with Gasteiger partial charge in [0.1, 0.15) is 0 Å². The molecule has 1 nitrogen and oxygen atoms in total. The molecule has 0 bridgehead atoms. The van der Waals surface area contributed by atoms with Gasteiger partial charge in [0.05, 0.1) is 0 Å². The van der Waals surface area contributed by atoms with Crippen LogP contribution in [0.15, 0.2) is 0 Å². The maximum atomic E-state index is 8.73. The van der Waals surface area contributed by atoms with Crippen molar-refractivity contribution < 1.29 is 5.11 Å². The Morgan fingerprint density at radius 3 is 1.16 bits per heavy atom. The fourth-order valence-corrected chi connectivity index (χ4v) is 3.79. The molecule has 0 heterocycles. The van der Waals surface area contributed by atoms with E-state index >= 15 is 0 Å². The van der Waals surface area contributed by atoms with Gasteiger partial charge in [-0.15, -0.1) is 0 Å². The van der Waals surface area contributed by atoms with Gasteiger partial charge >= 0.3 is 0 Å². The predicted octanol–water partition coefficient (Wildman–Crippen LogP) is 8.44. The summed E-state index contributed by atoms with van der Waals surface area (Å²) < 4.78 is 0. The fraction of sp³-hybridized carbons (Fsp3) is 1.00. The molecule has 152 valence electrons. The average molecular weight is 355 g/mol. The standard InChI is InChI=1S/C24H50O/c1-3-4-5-6-15-18-21-24(2)22-19-16-13-11-9-7-8-10-12-14-17-20-23-25/h24-25H,3-23H2,1-2H3. The van der Waals surface area contributed by atoms with Gasteiger partial charge in [-0.3, -0.25) is 0 Å². The number of hydrogen-bond donors (Lipinski definition) is 1. The third kappa shape index (κ3) is 21.9. The zero-order valence-electron chi connectivity index (χ0n) is 17.9. The Morgan fingerprint density at radius 1 is 0.480 bits per heavy atom. The summed E-state index contributed by atoms with van der Waals surface area (Å²) in [5.74, 6) is 0.956. The van der Waals surface area contributed by atoms with E-state index in [4.69, 9.17) is 5.11 Å². The van der Waals surface area contributed by atoms with Gasteiger partial charge in [-0.25, -0.2) is 0 Å². The molecule has 0 spiro atoms. The van der Waals surface area contributed by atoms with E-state index in [1.807, 2.05) is 0 Å². The molecule has 0 aromatic rings. The van der Waals surface area contributed by atoms with Crippen LogP contribution < -0.4 is 0 Å². The molecule has 0 saturated heterocycles. The summed E-state index contributed by atoms with van der Waals surface area (Å²) in [6.07, 6.45) is 28.0. The lowest BCUT2D eigenvalue weighted by Crippen LogP contribution is -1.95. The largest absolute Gasteiger partial charge is 0.396 e. The van der Waals surface area contributed by atoms with Crippen LogP contribution in [0, 0.1) is 5.92 Å². The van der Waals surface area contributed by atoms with E-state index in [1.165, 1.54) is 122 Å². The Bertz CT molecular complexity index is 226. The first-order valence-corrected chi connectivity index (χ1v) is 11.9. The highest BCUT2D eigenvalue weighted by Gasteiger charge is 2.02. The van der Waals surface area contributed by atoms with Crippen molar-refractivity contribution >= 4 is 0 Å². The fourth-order valence-electron chi connectivity index (χ4n) is 3.79. The van der Waals surface area contributed by atoms with E-state index < -0.39 is 0 Å². The smallest absolute Gasteiger partial charge is 0.0431 e. The van der Waals surface area contributed by atoms with Crippen molar-refractivity contribution in [2.24, 2.45) is 5.92 Å². The lowest BCUT2D eigenvalue weighted by Gasteiger charge is -2.11. The summed E-state index contributed by atoms with van der Waals surface area (Å²) >= 11 is 0. The van der Waals surface area contributed by atoms with Gasteiger partial charge in [0.2, 0.25) is 0 Å². The highest BCUT2D eigenvalue weighted by atomic mass is 16.2. The normalized spacial score (nSPS) is 12.6. The Hall–Kier alpha value is -0.0400. The second kappa shape index (κ2) is 22.0. The molecule has 0 rings (SSSR count). The van der Waals surface area contributed by atoms with Crippen molar-refractivity contribution in [3.63, 3.8) is 0 Å². The van der Waals surface area contributed by atoms with Crippen molar-refractivity contribution in [3.8, 4) is 0 Å². The van der Waals surface area contributed by atoms with Crippen molar-refractivity contribution in [1.82, 2.24) is 0 Å². The molecule has 0 aromatic heterocycles. The van der Waals surface area contributed by atoms with Gasteiger partial charge in [0, 0.05) is 6.61 Å². The summed E-state index contributed by atoms with van der Waals surface area (Å²) in [4.78, 5) is 0. The number of aliphatic hydroxyl groups excluding tert-OH is 1. The molecule has 0 radical (unpaired) electrons. The Morgan fingerprint density at radius 2 is 0.800 bits per heavy atom. The summed E-state index contributed by atoms with van der Waals surface area (Å²) in [7, 11) is 0. The Kier molecular flexibility index (Phi) is 22.0. The molecule has 0 aliphatic rings. The number of aliphatic hydroxyl groups is 1. The predicted molar refractivity (Wildman–Crippen MR) is 114 cm³/mol. The van der Waals surface area contributed by atoms with Crippen LogP contribution in [0.1, 0.15) is 142 Å². The van der Waals surface area contributed by atoms with Crippen LogP contribution in [0.3, 0.4) is 0 Å². The number of unbranched alkanes of at least 4 members (excludes halogenated alkanes) is 16. The number of hydrogen-bond acceptors (Lipinski definition) is 1. The molecule has 0 aliphatic heterocycles. The molecule has 0 fully saturated rings. The summed E-state index contributed by atoms with van der Waals surface area (Å²) in [6.45, 7) is 5.13. The van der Waals surface area contributed by atoms with E-state index in [2.05, 4.69) is 13.8 Å². The first-order valence-electron chi connectivity index (χ1n) is 11.9.